The van der Waals surface area contributed by atoms with Gasteiger partial charge in [0.1, 0.15) is 17.0 Å². The van der Waals surface area contributed by atoms with Gasteiger partial charge in [-0.2, -0.15) is 5.26 Å². The standard InChI is InChI=1S/C44H33N3O2/c1-25(2)35-22-29(28-11-6-5-7-12-28)23-36(26(3)4)40(35)47-38-16-9-8-15-37(38)46-44(47)34-14-10-13-31-33-20-19-32-30-18-17-27(24-45)21-39(30)48-42(32)43(33)49-41(31)34/h5-23,25-26H,1-4H3. The second-order valence-corrected chi connectivity index (χ2v) is 13.5. The van der Waals surface area contributed by atoms with E-state index in [1.807, 2.05) is 18.2 Å². The predicted octanol–water partition coefficient (Wildman–Crippen LogP) is 12.3. The first kappa shape index (κ1) is 29.1. The Balaban J connectivity index is 1.35. The number of para-hydroxylation sites is 3. The fraction of sp³-hybridized carbons (Fsp3) is 0.136. The Morgan fingerprint density at radius 1 is 0.612 bits per heavy atom. The number of nitriles is 1. The minimum Gasteiger partial charge on any atom is -0.452 e. The molecule has 0 fully saturated rings. The average molecular weight is 636 g/mol. The summed E-state index contributed by atoms with van der Waals surface area (Å²) in [5.74, 6) is 1.35. The van der Waals surface area contributed by atoms with E-state index in [-0.39, 0.29) is 11.8 Å². The van der Waals surface area contributed by atoms with Crippen molar-refractivity contribution in [2.75, 3.05) is 0 Å². The average Bonchev–Trinajstić information content (AvgIpc) is 3.82. The van der Waals surface area contributed by atoms with Crippen LogP contribution in [0, 0.1) is 11.3 Å². The van der Waals surface area contributed by atoms with Crippen LogP contribution in [0.25, 0.3) is 83.1 Å². The first-order chi connectivity index (χ1) is 23.9. The molecule has 236 valence electrons. The third kappa shape index (κ3) is 4.41. The highest BCUT2D eigenvalue weighted by molar-refractivity contribution is 6.20. The van der Waals surface area contributed by atoms with Crippen LogP contribution in [0.15, 0.2) is 124 Å². The van der Waals surface area contributed by atoms with Crippen molar-refractivity contribution in [2.45, 2.75) is 39.5 Å². The van der Waals surface area contributed by atoms with Gasteiger partial charge in [0.15, 0.2) is 11.2 Å². The SMILES string of the molecule is CC(C)c1cc(-c2ccccc2)cc(C(C)C)c1-n1c(-c2cccc3c2oc2c3ccc3c4ccc(C#N)cc4oc32)nc2ccccc21. The molecule has 5 heteroatoms. The molecule has 0 radical (unpaired) electrons. The van der Waals surface area contributed by atoms with Crippen LogP contribution >= 0.6 is 0 Å². The maximum absolute atomic E-state index is 9.48. The lowest BCUT2D eigenvalue weighted by Gasteiger charge is -2.24. The highest BCUT2D eigenvalue weighted by Crippen LogP contribution is 2.44. The van der Waals surface area contributed by atoms with Crippen molar-refractivity contribution in [1.82, 2.24) is 9.55 Å². The van der Waals surface area contributed by atoms with E-state index in [0.717, 1.165) is 49.5 Å². The Labute approximate surface area is 283 Å². The molecule has 9 aromatic rings. The molecule has 0 bridgehead atoms. The van der Waals surface area contributed by atoms with Crippen LogP contribution in [0.3, 0.4) is 0 Å². The molecule has 6 aromatic carbocycles. The number of hydrogen-bond acceptors (Lipinski definition) is 4. The van der Waals surface area contributed by atoms with Gasteiger partial charge < -0.3 is 8.83 Å². The molecule has 0 saturated heterocycles. The van der Waals surface area contributed by atoms with Gasteiger partial charge in [0.05, 0.1) is 33.9 Å². The summed E-state index contributed by atoms with van der Waals surface area (Å²) in [6.45, 7) is 9.09. The summed E-state index contributed by atoms with van der Waals surface area (Å²) in [7, 11) is 0. The van der Waals surface area contributed by atoms with Crippen molar-refractivity contribution in [3.05, 3.63) is 132 Å². The van der Waals surface area contributed by atoms with E-state index < -0.39 is 0 Å². The molecule has 0 aliphatic rings. The molecular weight excluding hydrogens is 603 g/mol. The lowest BCUT2D eigenvalue weighted by Crippen LogP contribution is -2.09. The molecule has 9 rings (SSSR count). The van der Waals surface area contributed by atoms with E-state index in [9.17, 15) is 5.26 Å². The third-order valence-corrected chi connectivity index (χ3v) is 9.78. The van der Waals surface area contributed by atoms with Crippen molar-refractivity contribution in [3.8, 4) is 34.3 Å². The van der Waals surface area contributed by atoms with E-state index in [4.69, 9.17) is 13.8 Å². The van der Waals surface area contributed by atoms with E-state index in [0.29, 0.717) is 22.3 Å². The van der Waals surface area contributed by atoms with Crippen molar-refractivity contribution in [1.29, 1.82) is 5.26 Å². The number of benzene rings is 6. The number of nitrogens with zero attached hydrogens (tertiary/aromatic N) is 3. The summed E-state index contributed by atoms with van der Waals surface area (Å²) >= 11 is 0. The Hall–Kier alpha value is -6.12. The van der Waals surface area contributed by atoms with Crippen molar-refractivity contribution >= 4 is 54.9 Å². The molecule has 0 N–H and O–H groups in total. The van der Waals surface area contributed by atoms with Crippen LogP contribution in [0.4, 0.5) is 0 Å². The Morgan fingerprint density at radius 2 is 1.27 bits per heavy atom. The van der Waals surface area contributed by atoms with E-state index in [1.54, 1.807) is 6.07 Å². The van der Waals surface area contributed by atoms with Gasteiger partial charge in [-0.1, -0.05) is 82.3 Å². The smallest absolute Gasteiger partial charge is 0.178 e. The monoisotopic (exact) mass is 635 g/mol. The molecule has 0 spiro atoms. The van der Waals surface area contributed by atoms with Gasteiger partial charge in [-0.15, -0.1) is 0 Å². The predicted molar refractivity (Wildman–Crippen MR) is 199 cm³/mol. The summed E-state index contributed by atoms with van der Waals surface area (Å²) in [5.41, 5.74) is 12.4. The molecule has 0 atom stereocenters. The quantitative estimate of drug-likeness (QED) is 0.189. The normalized spacial score (nSPS) is 12.0. The number of fused-ring (bicyclic) bond motifs is 8. The Kier molecular flexibility index (Phi) is 6.50. The number of aromatic nitrogens is 2. The minimum absolute atomic E-state index is 0.259. The molecule has 3 aromatic heterocycles. The Morgan fingerprint density at radius 3 is 2.00 bits per heavy atom. The lowest BCUT2D eigenvalue weighted by atomic mass is 9.88. The zero-order valence-corrected chi connectivity index (χ0v) is 27.8. The second kappa shape index (κ2) is 11.0. The number of imidazole rings is 1. The van der Waals surface area contributed by atoms with Gasteiger partial charge in [0, 0.05) is 21.5 Å². The number of hydrogen-bond donors (Lipinski definition) is 0. The van der Waals surface area contributed by atoms with Crippen molar-refractivity contribution < 1.29 is 8.83 Å². The molecule has 3 heterocycles. The zero-order chi connectivity index (χ0) is 33.4. The fourth-order valence-corrected chi connectivity index (χ4v) is 7.38. The molecule has 0 amide bonds. The summed E-state index contributed by atoms with van der Waals surface area (Å²) < 4.78 is 15.6. The van der Waals surface area contributed by atoms with Crippen molar-refractivity contribution in [3.63, 3.8) is 0 Å². The summed E-state index contributed by atoms with van der Waals surface area (Å²) in [6, 6.07) is 42.0. The molecule has 49 heavy (non-hydrogen) atoms. The molecule has 0 unspecified atom stereocenters. The third-order valence-electron chi connectivity index (χ3n) is 9.78. The largest absolute Gasteiger partial charge is 0.452 e. The Bertz CT molecular complexity index is 2760. The second-order valence-electron chi connectivity index (χ2n) is 13.5. The zero-order valence-electron chi connectivity index (χ0n) is 27.8. The van der Waals surface area contributed by atoms with Crippen LogP contribution in [0.1, 0.15) is 56.2 Å². The molecule has 0 aliphatic carbocycles. The maximum Gasteiger partial charge on any atom is 0.178 e. The van der Waals surface area contributed by atoms with Gasteiger partial charge >= 0.3 is 0 Å². The van der Waals surface area contributed by atoms with Gasteiger partial charge in [-0.25, -0.2) is 4.98 Å². The van der Waals surface area contributed by atoms with Gasteiger partial charge in [-0.3, -0.25) is 4.57 Å². The van der Waals surface area contributed by atoms with Crippen molar-refractivity contribution in [2.24, 2.45) is 0 Å². The minimum atomic E-state index is 0.259. The number of rotatable bonds is 5. The fourth-order valence-electron chi connectivity index (χ4n) is 7.38. The van der Waals surface area contributed by atoms with E-state index >= 15 is 0 Å². The molecular formula is C44H33N3O2. The van der Waals surface area contributed by atoms with E-state index in [2.05, 4.69) is 129 Å². The van der Waals surface area contributed by atoms with E-state index in [1.165, 1.54) is 27.9 Å². The van der Waals surface area contributed by atoms with Crippen LogP contribution in [0.2, 0.25) is 0 Å². The van der Waals surface area contributed by atoms with Gasteiger partial charge in [0.2, 0.25) is 0 Å². The van der Waals surface area contributed by atoms with Crippen LogP contribution < -0.4 is 0 Å². The van der Waals surface area contributed by atoms with Crippen LogP contribution in [-0.2, 0) is 0 Å². The van der Waals surface area contributed by atoms with Gasteiger partial charge in [0.25, 0.3) is 0 Å². The summed E-state index contributed by atoms with van der Waals surface area (Å²) in [5, 5.41) is 13.4. The van der Waals surface area contributed by atoms with Crippen LogP contribution in [-0.4, -0.2) is 9.55 Å². The first-order valence-electron chi connectivity index (χ1n) is 16.8. The molecule has 5 nitrogen and oxygen atoms in total. The van der Waals surface area contributed by atoms with Crippen LogP contribution in [0.5, 0.6) is 0 Å². The highest BCUT2D eigenvalue weighted by atomic mass is 16.4. The van der Waals surface area contributed by atoms with Gasteiger partial charge in [-0.05, 0) is 94.8 Å². The number of furan rings is 2. The summed E-state index contributed by atoms with van der Waals surface area (Å²) in [4.78, 5) is 5.33. The highest BCUT2D eigenvalue weighted by Gasteiger charge is 2.26. The molecule has 0 aliphatic heterocycles. The summed E-state index contributed by atoms with van der Waals surface area (Å²) in [6.07, 6.45) is 0. The molecule has 0 saturated carbocycles. The topological polar surface area (TPSA) is 67.9 Å². The first-order valence-corrected chi connectivity index (χ1v) is 16.8. The lowest BCUT2D eigenvalue weighted by molar-refractivity contribution is 0.633. The maximum atomic E-state index is 9.48.